The van der Waals surface area contributed by atoms with E-state index in [-0.39, 0.29) is 33.2 Å². The standard InChI is InChI=1S/C33H54O5/c1-20(2)21-10-15-33(19-35)17-16-31(6)22(27(21)33)8-9-25-30(5)13-12-26(38-28(37)23(36)18-34)29(3,4)24(30)11-14-32(25,31)7/h21-27,34-36H,1,8-19H2,2-7H3/t21?,22?,23?,24?,25?,26-,27?,30-,31+,32+,33+/m0/s1. The molecule has 0 spiro atoms. The predicted molar refractivity (Wildman–Crippen MR) is 149 cm³/mol. The zero-order valence-electron chi connectivity index (χ0n) is 24.9. The second-order valence-corrected chi connectivity index (χ2v) is 15.7. The fourth-order valence-electron chi connectivity index (χ4n) is 12.0. The molecule has 38 heavy (non-hydrogen) atoms. The van der Waals surface area contributed by atoms with E-state index in [1.54, 1.807) is 0 Å². The summed E-state index contributed by atoms with van der Waals surface area (Å²) >= 11 is 0. The lowest BCUT2D eigenvalue weighted by molar-refractivity contribution is -0.252. The number of hydrogen-bond acceptors (Lipinski definition) is 5. The van der Waals surface area contributed by atoms with Crippen LogP contribution in [0.15, 0.2) is 12.2 Å². The summed E-state index contributed by atoms with van der Waals surface area (Å²) in [7, 11) is 0. The molecule has 5 fully saturated rings. The van der Waals surface area contributed by atoms with Crippen molar-refractivity contribution in [1.82, 2.24) is 0 Å². The second kappa shape index (κ2) is 9.31. The van der Waals surface area contributed by atoms with E-state index in [4.69, 9.17) is 4.74 Å². The first-order valence-corrected chi connectivity index (χ1v) is 15.5. The molecule has 0 aromatic heterocycles. The number of fused-ring (bicyclic) bond motifs is 7. The number of carbonyl (C=O) groups excluding carboxylic acids is 1. The third kappa shape index (κ3) is 3.69. The van der Waals surface area contributed by atoms with Crippen molar-refractivity contribution >= 4 is 5.97 Å². The van der Waals surface area contributed by atoms with E-state index in [1.807, 2.05) is 0 Å². The molecule has 6 unspecified atom stereocenters. The molecule has 0 heterocycles. The van der Waals surface area contributed by atoms with Crippen LogP contribution in [-0.2, 0) is 9.53 Å². The van der Waals surface area contributed by atoms with Gasteiger partial charge in [-0.2, -0.15) is 0 Å². The summed E-state index contributed by atoms with van der Waals surface area (Å²) in [6.07, 6.45) is 9.67. The molecule has 0 aromatic carbocycles. The monoisotopic (exact) mass is 530 g/mol. The molecule has 216 valence electrons. The minimum atomic E-state index is -1.46. The highest BCUT2D eigenvalue weighted by Crippen LogP contribution is 2.77. The molecule has 5 heteroatoms. The lowest BCUT2D eigenvalue weighted by Gasteiger charge is -2.73. The van der Waals surface area contributed by atoms with Gasteiger partial charge in [0.25, 0.3) is 0 Å². The van der Waals surface area contributed by atoms with Crippen LogP contribution in [0.25, 0.3) is 0 Å². The van der Waals surface area contributed by atoms with Gasteiger partial charge in [0, 0.05) is 12.0 Å². The molecule has 5 aliphatic carbocycles. The number of aliphatic hydroxyl groups is 3. The molecule has 0 aliphatic heterocycles. The van der Waals surface area contributed by atoms with Crippen LogP contribution in [0.5, 0.6) is 0 Å². The first kappa shape index (κ1) is 28.6. The van der Waals surface area contributed by atoms with E-state index in [2.05, 4.69) is 48.1 Å². The molecule has 0 radical (unpaired) electrons. The van der Waals surface area contributed by atoms with E-state index in [0.29, 0.717) is 36.2 Å². The maximum atomic E-state index is 12.4. The van der Waals surface area contributed by atoms with Gasteiger partial charge in [-0.05, 0) is 122 Å². The van der Waals surface area contributed by atoms with Crippen LogP contribution in [0.1, 0.15) is 106 Å². The molecule has 5 aliphatic rings. The maximum absolute atomic E-state index is 12.4. The number of allylic oxidation sites excluding steroid dienone is 1. The predicted octanol–water partition coefficient (Wildman–Crippen LogP) is 5.90. The number of rotatable bonds is 5. The van der Waals surface area contributed by atoms with Gasteiger partial charge >= 0.3 is 5.97 Å². The minimum absolute atomic E-state index is 0.0845. The van der Waals surface area contributed by atoms with Crippen molar-refractivity contribution in [2.24, 2.45) is 56.7 Å². The van der Waals surface area contributed by atoms with Crippen LogP contribution in [0.2, 0.25) is 0 Å². The van der Waals surface area contributed by atoms with Gasteiger partial charge in [-0.3, -0.25) is 0 Å². The SMILES string of the molecule is C=C(C)C1CC[C@]2(CO)CC[C@]3(C)C(CCC4[C@@]5(C)CC[C@H](OC(=O)C(O)CO)C(C)(C)C5CC[C@]43C)C12. The number of esters is 1. The minimum Gasteiger partial charge on any atom is -0.460 e. The Hall–Kier alpha value is -0.910. The Kier molecular flexibility index (Phi) is 7.01. The zero-order chi connectivity index (χ0) is 27.9. The van der Waals surface area contributed by atoms with Gasteiger partial charge in [-0.1, -0.05) is 46.8 Å². The Bertz CT molecular complexity index is 959. The smallest absolute Gasteiger partial charge is 0.337 e. The fourth-order valence-corrected chi connectivity index (χ4v) is 12.0. The van der Waals surface area contributed by atoms with Crippen molar-refractivity contribution in [3.63, 3.8) is 0 Å². The summed E-state index contributed by atoms with van der Waals surface area (Å²) in [5, 5.41) is 29.8. The number of ether oxygens (including phenoxy) is 1. The third-order valence-electron chi connectivity index (χ3n) is 14.2. The molecular formula is C33H54O5. The molecular weight excluding hydrogens is 476 g/mol. The molecule has 5 saturated carbocycles. The highest BCUT2D eigenvalue weighted by Gasteiger charge is 2.71. The van der Waals surface area contributed by atoms with Gasteiger partial charge in [0.1, 0.15) is 6.10 Å². The van der Waals surface area contributed by atoms with Crippen LogP contribution < -0.4 is 0 Å². The lowest BCUT2D eigenvalue weighted by atomic mass is 9.32. The summed E-state index contributed by atoms with van der Waals surface area (Å²) < 4.78 is 5.84. The second-order valence-electron chi connectivity index (χ2n) is 15.7. The van der Waals surface area contributed by atoms with Crippen LogP contribution >= 0.6 is 0 Å². The Morgan fingerprint density at radius 3 is 2.24 bits per heavy atom. The first-order chi connectivity index (χ1) is 17.7. The van der Waals surface area contributed by atoms with E-state index in [0.717, 1.165) is 32.1 Å². The van der Waals surface area contributed by atoms with Crippen LogP contribution in [-0.4, -0.2) is 46.7 Å². The Labute approximate surface area is 230 Å². The number of aliphatic hydroxyl groups excluding tert-OH is 3. The van der Waals surface area contributed by atoms with Gasteiger partial charge in [0.2, 0.25) is 0 Å². The average Bonchev–Trinajstić information content (AvgIpc) is 3.26. The van der Waals surface area contributed by atoms with E-state index < -0.39 is 18.7 Å². The van der Waals surface area contributed by atoms with Gasteiger partial charge < -0.3 is 20.1 Å². The van der Waals surface area contributed by atoms with Crippen molar-refractivity contribution in [3.05, 3.63) is 12.2 Å². The van der Waals surface area contributed by atoms with Crippen LogP contribution in [0.3, 0.4) is 0 Å². The largest absolute Gasteiger partial charge is 0.460 e. The van der Waals surface area contributed by atoms with Gasteiger partial charge in [-0.15, -0.1) is 0 Å². The quantitative estimate of drug-likeness (QED) is 0.304. The molecule has 3 N–H and O–H groups in total. The van der Waals surface area contributed by atoms with Crippen LogP contribution in [0, 0.1) is 56.7 Å². The Morgan fingerprint density at radius 1 is 0.895 bits per heavy atom. The summed E-state index contributed by atoms with van der Waals surface area (Å²) in [6.45, 7) is 18.7. The third-order valence-corrected chi connectivity index (χ3v) is 14.2. The molecule has 0 saturated heterocycles. The van der Waals surface area contributed by atoms with E-state index >= 15 is 0 Å². The van der Waals surface area contributed by atoms with Crippen molar-refractivity contribution in [3.8, 4) is 0 Å². The zero-order valence-corrected chi connectivity index (χ0v) is 24.9. The number of carbonyl (C=O) groups is 1. The normalized spacial score (nSPS) is 50.1. The molecule has 0 aromatic rings. The topological polar surface area (TPSA) is 87.0 Å². The van der Waals surface area contributed by atoms with Gasteiger partial charge in [-0.25, -0.2) is 4.79 Å². The van der Waals surface area contributed by atoms with Crippen molar-refractivity contribution in [2.75, 3.05) is 13.2 Å². The Morgan fingerprint density at radius 2 is 1.61 bits per heavy atom. The van der Waals surface area contributed by atoms with Crippen LogP contribution in [0.4, 0.5) is 0 Å². The molecule has 5 nitrogen and oxygen atoms in total. The summed E-state index contributed by atoms with van der Waals surface area (Å²) in [5.74, 6) is 2.11. The molecule has 0 bridgehead atoms. The molecule has 0 amide bonds. The Balaban J connectivity index is 1.45. The molecule has 11 atom stereocenters. The maximum Gasteiger partial charge on any atom is 0.337 e. The fraction of sp³-hybridized carbons (Fsp3) is 0.909. The van der Waals surface area contributed by atoms with Crippen molar-refractivity contribution in [2.45, 2.75) is 118 Å². The highest BCUT2D eigenvalue weighted by atomic mass is 16.6. The average molecular weight is 531 g/mol. The van der Waals surface area contributed by atoms with Gasteiger partial charge in [0.05, 0.1) is 6.61 Å². The first-order valence-electron chi connectivity index (χ1n) is 15.5. The summed E-state index contributed by atoms with van der Waals surface area (Å²) in [5.41, 5.74) is 1.89. The van der Waals surface area contributed by atoms with E-state index in [9.17, 15) is 20.1 Å². The highest BCUT2D eigenvalue weighted by molar-refractivity contribution is 5.74. The summed E-state index contributed by atoms with van der Waals surface area (Å²) in [4.78, 5) is 12.4. The van der Waals surface area contributed by atoms with Crippen molar-refractivity contribution in [1.29, 1.82) is 0 Å². The van der Waals surface area contributed by atoms with E-state index in [1.165, 1.54) is 37.7 Å². The number of hydrogen-bond donors (Lipinski definition) is 3. The van der Waals surface area contributed by atoms with Crippen molar-refractivity contribution < 1.29 is 24.9 Å². The van der Waals surface area contributed by atoms with Gasteiger partial charge in [0.15, 0.2) is 6.10 Å². The summed E-state index contributed by atoms with van der Waals surface area (Å²) in [6, 6.07) is 0. The molecule has 5 rings (SSSR count). The lowest BCUT2D eigenvalue weighted by Crippen LogP contribution is -2.67.